The van der Waals surface area contributed by atoms with Crippen molar-refractivity contribution in [3.63, 3.8) is 0 Å². The molecular formula is C26H27FN4O3S. The number of carbonyl (C=O) groups excluding carboxylic acids is 3. The first kappa shape index (κ1) is 23.5. The number of thioether (sulfide) groups is 1. The fraction of sp³-hybridized carbons (Fsp3) is 0.385. The van der Waals surface area contributed by atoms with Gasteiger partial charge in [-0.05, 0) is 67.6 Å². The maximum Gasteiger partial charge on any atom is 0.262 e. The van der Waals surface area contributed by atoms with Crippen molar-refractivity contribution in [3.8, 4) is 0 Å². The van der Waals surface area contributed by atoms with Gasteiger partial charge in [-0.2, -0.15) is 4.99 Å². The molecule has 0 spiro atoms. The average molecular weight is 495 g/mol. The molecule has 2 fully saturated rings. The van der Waals surface area contributed by atoms with Crippen molar-refractivity contribution in [1.82, 2.24) is 9.80 Å². The van der Waals surface area contributed by atoms with Crippen molar-refractivity contribution in [2.75, 3.05) is 25.0 Å². The number of benzene rings is 2. The highest BCUT2D eigenvalue weighted by Crippen LogP contribution is 2.33. The van der Waals surface area contributed by atoms with Gasteiger partial charge in [0.25, 0.3) is 11.8 Å². The normalized spacial score (nSPS) is 22.0. The van der Waals surface area contributed by atoms with E-state index in [1.54, 1.807) is 36.4 Å². The van der Waals surface area contributed by atoms with E-state index in [1.165, 1.54) is 23.9 Å². The highest BCUT2D eigenvalue weighted by Gasteiger charge is 2.34. The van der Waals surface area contributed by atoms with Crippen LogP contribution >= 0.6 is 11.8 Å². The van der Waals surface area contributed by atoms with Gasteiger partial charge < -0.3 is 15.1 Å². The molecule has 1 N–H and O–H groups in total. The van der Waals surface area contributed by atoms with Gasteiger partial charge >= 0.3 is 0 Å². The molecule has 3 amide bonds. The Balaban J connectivity index is 1.17. The number of hydrogen-bond acceptors (Lipinski definition) is 5. The molecule has 2 aromatic rings. The Bertz CT molecular complexity index is 1150. The predicted octanol–water partition coefficient (Wildman–Crippen LogP) is 4.23. The van der Waals surface area contributed by atoms with Crippen LogP contribution in [-0.4, -0.2) is 57.6 Å². The molecular weight excluding hydrogens is 467 g/mol. The molecule has 2 aromatic carbocycles. The lowest BCUT2D eigenvalue weighted by atomic mass is 10.0. The molecule has 182 valence electrons. The summed E-state index contributed by atoms with van der Waals surface area (Å²) in [6, 6.07) is 13.0. The smallest absolute Gasteiger partial charge is 0.262 e. The van der Waals surface area contributed by atoms with Crippen LogP contribution in [0.5, 0.6) is 0 Å². The molecule has 9 heteroatoms. The van der Waals surface area contributed by atoms with Crippen LogP contribution < -0.4 is 5.32 Å². The Morgan fingerprint density at radius 1 is 1.00 bits per heavy atom. The first-order valence-corrected chi connectivity index (χ1v) is 12.9. The van der Waals surface area contributed by atoms with E-state index in [1.807, 2.05) is 4.90 Å². The monoisotopic (exact) mass is 494 g/mol. The van der Waals surface area contributed by atoms with Gasteiger partial charge in [-0.3, -0.25) is 14.4 Å². The summed E-state index contributed by atoms with van der Waals surface area (Å²) in [5, 5.41) is 3.06. The minimum Gasteiger partial charge on any atom is -0.351 e. The molecule has 2 atom stereocenters. The molecule has 0 bridgehead atoms. The van der Waals surface area contributed by atoms with Gasteiger partial charge in [-0.1, -0.05) is 23.9 Å². The number of rotatable bonds is 5. The summed E-state index contributed by atoms with van der Waals surface area (Å²) in [6.45, 7) is 2.46. The second kappa shape index (κ2) is 10.2. The zero-order chi connectivity index (χ0) is 24.4. The van der Waals surface area contributed by atoms with Gasteiger partial charge in [0.15, 0.2) is 5.17 Å². The molecule has 35 heavy (non-hydrogen) atoms. The first-order valence-electron chi connectivity index (χ1n) is 12.0. The number of nitrogens with one attached hydrogen (secondary N) is 1. The van der Waals surface area contributed by atoms with E-state index in [9.17, 15) is 18.8 Å². The van der Waals surface area contributed by atoms with Crippen LogP contribution in [0.3, 0.4) is 0 Å². The molecule has 3 heterocycles. The molecule has 3 aliphatic rings. The Morgan fingerprint density at radius 2 is 1.71 bits per heavy atom. The Kier molecular flexibility index (Phi) is 6.86. The van der Waals surface area contributed by atoms with Crippen LogP contribution in [0, 0.1) is 5.82 Å². The molecule has 3 aliphatic heterocycles. The number of halogens is 1. The number of amidine groups is 1. The van der Waals surface area contributed by atoms with Crippen LogP contribution in [0.15, 0.2) is 53.5 Å². The van der Waals surface area contributed by atoms with E-state index in [2.05, 4.69) is 15.2 Å². The first-order chi connectivity index (χ1) is 17.0. The Morgan fingerprint density at radius 3 is 2.43 bits per heavy atom. The Hall–Kier alpha value is -3.20. The highest BCUT2D eigenvalue weighted by molar-refractivity contribution is 8.15. The third-order valence-corrected chi connectivity index (χ3v) is 7.87. The average Bonchev–Trinajstić information content (AvgIpc) is 3.61. The maximum absolute atomic E-state index is 13.3. The van der Waals surface area contributed by atoms with Gasteiger partial charge in [0, 0.05) is 37.3 Å². The minimum absolute atomic E-state index is 0.0537. The van der Waals surface area contributed by atoms with E-state index in [0.29, 0.717) is 17.8 Å². The lowest BCUT2D eigenvalue weighted by Crippen LogP contribution is -2.30. The number of carbonyl (C=O) groups is 3. The summed E-state index contributed by atoms with van der Waals surface area (Å²) in [6.07, 6.45) is 3.98. The maximum atomic E-state index is 13.3. The second-order valence-corrected chi connectivity index (χ2v) is 10.2. The van der Waals surface area contributed by atoms with E-state index >= 15 is 0 Å². The zero-order valence-corrected chi connectivity index (χ0v) is 20.1. The lowest BCUT2D eigenvalue weighted by molar-refractivity contribution is -0.121. The zero-order valence-electron chi connectivity index (χ0n) is 19.3. The van der Waals surface area contributed by atoms with Crippen LogP contribution in [0.25, 0.3) is 0 Å². The van der Waals surface area contributed by atoms with Crippen LogP contribution in [0.4, 0.5) is 10.1 Å². The van der Waals surface area contributed by atoms with Gasteiger partial charge in [-0.25, -0.2) is 4.39 Å². The number of likely N-dealkylation sites (tertiary alicyclic amines) is 2. The second-order valence-electron chi connectivity index (χ2n) is 9.07. The van der Waals surface area contributed by atoms with Crippen molar-refractivity contribution in [2.45, 2.75) is 43.4 Å². The van der Waals surface area contributed by atoms with E-state index < -0.39 is 5.25 Å². The number of nitrogens with zero attached hydrogens (tertiary/aromatic N) is 3. The summed E-state index contributed by atoms with van der Waals surface area (Å²) in [5.41, 5.74) is 2.03. The molecule has 0 radical (unpaired) electrons. The quantitative estimate of drug-likeness (QED) is 0.673. The SMILES string of the molecule is O=C(CC1SC(N2CCCC2)=NC1=O)Nc1ccc(C(=O)N2CCCC2c2ccc(F)cc2)cc1. The van der Waals surface area contributed by atoms with E-state index in [4.69, 9.17) is 0 Å². The van der Waals surface area contributed by atoms with Crippen LogP contribution in [0.1, 0.15) is 54.1 Å². The summed E-state index contributed by atoms with van der Waals surface area (Å²) < 4.78 is 13.3. The van der Waals surface area contributed by atoms with Gasteiger partial charge in [0.05, 0.1) is 6.04 Å². The van der Waals surface area contributed by atoms with Crippen LogP contribution in [-0.2, 0) is 9.59 Å². The Labute approximate surface area is 207 Å². The summed E-state index contributed by atoms with van der Waals surface area (Å²) in [7, 11) is 0. The third-order valence-electron chi connectivity index (χ3n) is 6.66. The molecule has 2 saturated heterocycles. The molecule has 0 aliphatic carbocycles. The summed E-state index contributed by atoms with van der Waals surface area (Å²) in [5.74, 6) is -0.898. The summed E-state index contributed by atoms with van der Waals surface area (Å²) >= 11 is 1.37. The lowest BCUT2D eigenvalue weighted by Gasteiger charge is -2.25. The van der Waals surface area contributed by atoms with Crippen molar-refractivity contribution in [1.29, 1.82) is 0 Å². The molecule has 7 nitrogen and oxygen atoms in total. The predicted molar refractivity (Wildman–Crippen MR) is 134 cm³/mol. The molecule has 2 unspecified atom stereocenters. The fourth-order valence-electron chi connectivity index (χ4n) is 4.84. The van der Waals surface area contributed by atoms with Gasteiger partial charge in [0.2, 0.25) is 5.91 Å². The minimum atomic E-state index is -0.495. The fourth-order valence-corrected chi connectivity index (χ4v) is 5.95. The van der Waals surface area contributed by atoms with Crippen molar-refractivity contribution >= 4 is 40.3 Å². The van der Waals surface area contributed by atoms with Gasteiger partial charge in [0.1, 0.15) is 11.1 Å². The van der Waals surface area contributed by atoms with E-state index in [0.717, 1.165) is 49.5 Å². The number of hydrogen-bond donors (Lipinski definition) is 1. The molecule has 0 saturated carbocycles. The van der Waals surface area contributed by atoms with E-state index in [-0.39, 0.29) is 36.0 Å². The van der Waals surface area contributed by atoms with Crippen molar-refractivity contribution in [3.05, 3.63) is 65.5 Å². The topological polar surface area (TPSA) is 82.1 Å². The molecule has 5 rings (SSSR count). The summed E-state index contributed by atoms with van der Waals surface area (Å²) in [4.78, 5) is 46.0. The number of anilines is 1. The van der Waals surface area contributed by atoms with Crippen molar-refractivity contribution in [2.24, 2.45) is 4.99 Å². The largest absolute Gasteiger partial charge is 0.351 e. The van der Waals surface area contributed by atoms with Crippen LogP contribution in [0.2, 0.25) is 0 Å². The number of amides is 3. The number of aliphatic imine (C=N–C) groups is 1. The van der Waals surface area contributed by atoms with Gasteiger partial charge in [-0.15, -0.1) is 0 Å². The third kappa shape index (κ3) is 5.24. The van der Waals surface area contributed by atoms with Crippen molar-refractivity contribution < 1.29 is 18.8 Å². The molecule has 0 aromatic heterocycles. The standard InChI is InChI=1S/C26H27FN4O3S/c27-19-9-5-17(6-10-19)21-4-3-15-31(21)25(34)18-7-11-20(12-8-18)28-23(32)16-22-24(33)29-26(35-22)30-13-1-2-14-30/h5-12,21-22H,1-4,13-16H2,(H,28,32). The highest BCUT2D eigenvalue weighted by atomic mass is 32.2.